The number of carboxylic acid groups (broad SMARTS) is 1. The van der Waals surface area contributed by atoms with Gasteiger partial charge in [0.05, 0.1) is 19.7 Å². The van der Waals surface area contributed by atoms with Crippen molar-refractivity contribution in [2.75, 3.05) is 32.8 Å². The summed E-state index contributed by atoms with van der Waals surface area (Å²) < 4.78 is 5.29. The summed E-state index contributed by atoms with van der Waals surface area (Å²) in [6.45, 7) is 2.57. The minimum atomic E-state index is -1.01. The van der Waals surface area contributed by atoms with Crippen LogP contribution in [0.5, 0.6) is 0 Å². The first-order chi connectivity index (χ1) is 9.45. The monoisotopic (exact) mass is 286 g/mol. The van der Waals surface area contributed by atoms with Gasteiger partial charge in [-0.1, -0.05) is 0 Å². The van der Waals surface area contributed by atoms with Crippen LogP contribution in [-0.4, -0.2) is 76.5 Å². The van der Waals surface area contributed by atoms with Gasteiger partial charge in [-0.05, 0) is 26.2 Å². The lowest BCUT2D eigenvalue weighted by Crippen LogP contribution is -2.67. The normalized spacial score (nSPS) is 21.0. The number of aliphatic carboxylic acids is 1. The number of hydrogen-bond donors (Lipinski definition) is 2. The Morgan fingerprint density at radius 3 is 2.50 bits per heavy atom. The van der Waals surface area contributed by atoms with Crippen molar-refractivity contribution in [1.82, 2.24) is 9.80 Å². The van der Waals surface area contributed by atoms with Crippen LogP contribution in [0.15, 0.2) is 0 Å². The van der Waals surface area contributed by atoms with E-state index in [9.17, 15) is 9.59 Å². The van der Waals surface area contributed by atoms with E-state index in [0.29, 0.717) is 19.6 Å². The molecule has 20 heavy (non-hydrogen) atoms. The number of carbonyl (C=O) groups excluding carboxylic acids is 1. The van der Waals surface area contributed by atoms with E-state index in [2.05, 4.69) is 0 Å². The first-order valence-electron chi connectivity index (χ1n) is 6.97. The van der Waals surface area contributed by atoms with Crippen molar-refractivity contribution in [2.45, 2.75) is 37.8 Å². The Bertz CT molecular complexity index is 377. The van der Waals surface area contributed by atoms with Crippen LogP contribution in [0.25, 0.3) is 0 Å². The molecule has 0 aromatic carbocycles. The molecule has 0 aromatic rings. The number of likely N-dealkylation sites (tertiary alicyclic amines) is 1. The summed E-state index contributed by atoms with van der Waals surface area (Å²) >= 11 is 0. The molecule has 1 heterocycles. The predicted molar refractivity (Wildman–Crippen MR) is 70.4 cm³/mol. The Balaban J connectivity index is 1.83. The zero-order valence-corrected chi connectivity index (χ0v) is 11.7. The smallest absolute Gasteiger partial charge is 0.329 e. The molecule has 0 unspecified atom stereocenters. The number of ether oxygens (including phenoxy) is 1. The summed E-state index contributed by atoms with van der Waals surface area (Å²) in [6.07, 6.45) is 3.11. The van der Waals surface area contributed by atoms with Crippen molar-refractivity contribution < 1.29 is 24.5 Å². The number of rotatable bonds is 6. The van der Waals surface area contributed by atoms with Crippen LogP contribution < -0.4 is 0 Å². The number of aliphatic hydroxyl groups excluding tert-OH is 1. The van der Waals surface area contributed by atoms with Gasteiger partial charge in [-0.2, -0.15) is 0 Å². The second-order valence-electron chi connectivity index (χ2n) is 5.77. The molecule has 0 atom stereocenters. The summed E-state index contributed by atoms with van der Waals surface area (Å²) in [5.74, 6) is -1.01. The molecule has 7 nitrogen and oxygen atoms in total. The summed E-state index contributed by atoms with van der Waals surface area (Å²) in [4.78, 5) is 26.2. The number of aliphatic hydroxyl groups is 1. The van der Waals surface area contributed by atoms with E-state index in [1.165, 1.54) is 0 Å². The van der Waals surface area contributed by atoms with Gasteiger partial charge in [-0.15, -0.1) is 0 Å². The minimum absolute atomic E-state index is 0.0388. The predicted octanol–water partition coefficient (Wildman–Crippen LogP) is 0.129. The number of hydrogen-bond acceptors (Lipinski definition) is 4. The topological polar surface area (TPSA) is 90.3 Å². The molecule has 2 aliphatic rings. The first kappa shape index (κ1) is 15.1. The van der Waals surface area contributed by atoms with Crippen molar-refractivity contribution in [1.29, 1.82) is 0 Å². The molecular weight excluding hydrogens is 264 g/mol. The molecule has 1 aliphatic carbocycles. The van der Waals surface area contributed by atoms with Gasteiger partial charge in [0, 0.05) is 12.6 Å². The fraction of sp³-hybridized carbons (Fsp3) is 0.846. The molecule has 2 rings (SSSR count). The third kappa shape index (κ3) is 3.21. The second-order valence-corrected chi connectivity index (χ2v) is 5.77. The van der Waals surface area contributed by atoms with Gasteiger partial charge in [0.2, 0.25) is 0 Å². The molecule has 114 valence electrons. The van der Waals surface area contributed by atoms with Crippen molar-refractivity contribution in [2.24, 2.45) is 0 Å². The van der Waals surface area contributed by atoms with Crippen molar-refractivity contribution in [3.8, 4) is 0 Å². The van der Waals surface area contributed by atoms with Gasteiger partial charge in [0.15, 0.2) is 0 Å². The van der Waals surface area contributed by atoms with Gasteiger partial charge < -0.3 is 24.7 Å². The zero-order chi connectivity index (χ0) is 14.8. The average Bonchev–Trinajstić information content (AvgIpc) is 2.29. The molecule has 2 fully saturated rings. The molecular formula is C13H22N2O5. The van der Waals surface area contributed by atoms with Crippen molar-refractivity contribution in [3.05, 3.63) is 0 Å². The van der Waals surface area contributed by atoms with Crippen LogP contribution >= 0.6 is 0 Å². The lowest BCUT2D eigenvalue weighted by Gasteiger charge is -2.50. The van der Waals surface area contributed by atoms with Crippen LogP contribution in [0.3, 0.4) is 0 Å². The largest absolute Gasteiger partial charge is 0.480 e. The van der Waals surface area contributed by atoms with Crippen molar-refractivity contribution >= 4 is 12.0 Å². The Labute approximate surface area is 118 Å². The number of nitrogens with zero attached hydrogens (tertiary/aromatic N) is 2. The number of amides is 2. The Hall–Kier alpha value is -1.34. The number of carboxylic acids is 1. The minimum Gasteiger partial charge on any atom is -0.480 e. The Kier molecular flexibility index (Phi) is 4.49. The van der Waals surface area contributed by atoms with Crippen LogP contribution in [0, 0.1) is 0 Å². The Morgan fingerprint density at radius 2 is 2.05 bits per heavy atom. The molecule has 2 N–H and O–H groups in total. The maximum Gasteiger partial charge on any atom is 0.329 e. The summed E-state index contributed by atoms with van der Waals surface area (Å²) in [5.41, 5.74) is -0.571. The SMILES string of the molecule is CC1(OCC(=O)O)CN(C(=O)N(CCO)C2CCC2)C1. The van der Waals surface area contributed by atoms with E-state index in [1.807, 2.05) is 0 Å². The van der Waals surface area contributed by atoms with Gasteiger partial charge in [0.1, 0.15) is 12.2 Å². The molecule has 2 amide bonds. The van der Waals surface area contributed by atoms with E-state index in [-0.39, 0.29) is 25.3 Å². The van der Waals surface area contributed by atoms with E-state index >= 15 is 0 Å². The summed E-state index contributed by atoms with van der Waals surface area (Å²) in [7, 11) is 0. The highest BCUT2D eigenvalue weighted by molar-refractivity contribution is 5.76. The molecule has 1 saturated heterocycles. The number of carbonyl (C=O) groups is 2. The molecule has 1 aliphatic heterocycles. The van der Waals surface area contributed by atoms with E-state index in [4.69, 9.17) is 14.9 Å². The fourth-order valence-corrected chi connectivity index (χ4v) is 2.65. The third-order valence-corrected chi connectivity index (χ3v) is 3.97. The van der Waals surface area contributed by atoms with Crippen LogP contribution in [0.1, 0.15) is 26.2 Å². The summed E-state index contributed by atoms with van der Waals surface area (Å²) in [5, 5.41) is 17.7. The van der Waals surface area contributed by atoms with Gasteiger partial charge in [0.25, 0.3) is 0 Å². The van der Waals surface area contributed by atoms with E-state index < -0.39 is 11.6 Å². The molecule has 0 radical (unpaired) electrons. The molecule has 0 bridgehead atoms. The molecule has 7 heteroatoms. The first-order valence-corrected chi connectivity index (χ1v) is 6.97. The van der Waals surface area contributed by atoms with Gasteiger partial charge in [-0.3, -0.25) is 0 Å². The average molecular weight is 286 g/mol. The van der Waals surface area contributed by atoms with Crippen molar-refractivity contribution in [3.63, 3.8) is 0 Å². The third-order valence-electron chi connectivity index (χ3n) is 3.97. The van der Waals surface area contributed by atoms with Gasteiger partial charge >= 0.3 is 12.0 Å². The highest BCUT2D eigenvalue weighted by Crippen LogP contribution is 2.30. The highest BCUT2D eigenvalue weighted by Gasteiger charge is 2.45. The number of urea groups is 1. The zero-order valence-electron chi connectivity index (χ0n) is 11.7. The Morgan fingerprint density at radius 1 is 1.40 bits per heavy atom. The highest BCUT2D eigenvalue weighted by atomic mass is 16.5. The van der Waals surface area contributed by atoms with E-state index in [0.717, 1.165) is 19.3 Å². The maximum absolute atomic E-state index is 12.3. The lowest BCUT2D eigenvalue weighted by molar-refractivity contribution is -0.160. The lowest BCUT2D eigenvalue weighted by atomic mass is 9.91. The van der Waals surface area contributed by atoms with Gasteiger partial charge in [-0.25, -0.2) is 9.59 Å². The van der Waals surface area contributed by atoms with Crippen LogP contribution in [0.4, 0.5) is 4.79 Å². The maximum atomic E-state index is 12.3. The standard InChI is InChI=1S/C13H22N2O5/c1-13(20-7-11(17)18)8-14(9-13)12(19)15(5-6-16)10-3-2-4-10/h10,16H,2-9H2,1H3,(H,17,18). The quantitative estimate of drug-likeness (QED) is 0.724. The molecule has 1 saturated carbocycles. The summed E-state index contributed by atoms with van der Waals surface area (Å²) in [6, 6.07) is 0.154. The molecule has 0 aromatic heterocycles. The van der Waals surface area contributed by atoms with E-state index in [1.54, 1.807) is 16.7 Å². The van der Waals surface area contributed by atoms with Crippen LogP contribution in [0.2, 0.25) is 0 Å². The second kappa shape index (κ2) is 5.97. The fourth-order valence-electron chi connectivity index (χ4n) is 2.65. The molecule has 0 spiro atoms. The van der Waals surface area contributed by atoms with Crippen LogP contribution in [-0.2, 0) is 9.53 Å².